The van der Waals surface area contributed by atoms with Crippen LogP contribution < -0.4 is 0 Å². The van der Waals surface area contributed by atoms with Crippen LogP contribution >= 0.6 is 0 Å². The van der Waals surface area contributed by atoms with Crippen molar-refractivity contribution in [1.29, 1.82) is 5.41 Å². The summed E-state index contributed by atoms with van der Waals surface area (Å²) in [4.78, 5) is 4.39. The van der Waals surface area contributed by atoms with Gasteiger partial charge < -0.3 is 10.0 Å². The average Bonchev–Trinajstić information content (AvgIpc) is 2.15. The van der Waals surface area contributed by atoms with Crippen LogP contribution in [-0.4, -0.2) is 59.1 Å². The first kappa shape index (κ1) is 12.5. The van der Waals surface area contributed by atoms with Crippen molar-refractivity contribution < 1.29 is 5.11 Å². The Bertz CT molecular complexity index is 214. The molecule has 0 radical (unpaired) electrons. The van der Waals surface area contributed by atoms with E-state index in [9.17, 15) is 5.11 Å². The standard InChI is InChI=1S/C11H23N3O/c1-4-10(12)14-7-5-13(6-8-14)9-11(2,3)15/h12,15H,4-9H2,1-3H3. The molecule has 1 saturated heterocycles. The normalized spacial score (nSPS) is 19.3. The van der Waals surface area contributed by atoms with E-state index in [2.05, 4.69) is 9.80 Å². The predicted octanol–water partition coefficient (Wildman–Crippen LogP) is 0.762. The van der Waals surface area contributed by atoms with Gasteiger partial charge in [-0.2, -0.15) is 0 Å². The van der Waals surface area contributed by atoms with Crippen LogP contribution in [0.25, 0.3) is 0 Å². The van der Waals surface area contributed by atoms with Gasteiger partial charge >= 0.3 is 0 Å². The third-order valence-corrected chi connectivity index (χ3v) is 2.70. The number of nitrogens with one attached hydrogen (secondary N) is 1. The van der Waals surface area contributed by atoms with Gasteiger partial charge in [-0.1, -0.05) is 6.92 Å². The SMILES string of the molecule is CCC(=N)N1CCN(CC(C)(C)O)CC1. The van der Waals surface area contributed by atoms with Gasteiger partial charge in [0.25, 0.3) is 0 Å². The second kappa shape index (κ2) is 4.94. The van der Waals surface area contributed by atoms with Gasteiger partial charge in [0.15, 0.2) is 0 Å². The number of β-amino-alcohol motifs (C(OH)–C–C–N with tert-alkyl or cyclic N) is 1. The summed E-state index contributed by atoms with van der Waals surface area (Å²) in [5, 5.41) is 17.4. The highest BCUT2D eigenvalue weighted by molar-refractivity contribution is 5.78. The van der Waals surface area contributed by atoms with Gasteiger partial charge in [0.2, 0.25) is 0 Å². The highest BCUT2D eigenvalue weighted by Crippen LogP contribution is 2.09. The lowest BCUT2D eigenvalue weighted by molar-refractivity contribution is 0.0249. The summed E-state index contributed by atoms with van der Waals surface area (Å²) in [6, 6.07) is 0. The largest absolute Gasteiger partial charge is 0.389 e. The summed E-state index contributed by atoms with van der Waals surface area (Å²) in [5.41, 5.74) is -0.611. The fourth-order valence-corrected chi connectivity index (χ4v) is 1.95. The number of hydrogen-bond donors (Lipinski definition) is 2. The Labute approximate surface area is 92.4 Å². The van der Waals surface area contributed by atoms with E-state index in [1.807, 2.05) is 20.8 Å². The van der Waals surface area contributed by atoms with Gasteiger partial charge in [-0.25, -0.2) is 0 Å². The van der Waals surface area contributed by atoms with Crippen molar-refractivity contribution in [3.63, 3.8) is 0 Å². The van der Waals surface area contributed by atoms with E-state index >= 15 is 0 Å². The molecule has 88 valence electrons. The molecule has 0 spiro atoms. The van der Waals surface area contributed by atoms with Gasteiger partial charge in [-0.3, -0.25) is 10.3 Å². The Hall–Kier alpha value is -0.610. The summed E-state index contributed by atoms with van der Waals surface area (Å²) in [6.45, 7) is 10.2. The number of piperazine rings is 1. The fourth-order valence-electron chi connectivity index (χ4n) is 1.95. The molecule has 2 N–H and O–H groups in total. The van der Waals surface area contributed by atoms with Crippen molar-refractivity contribution >= 4 is 5.84 Å². The van der Waals surface area contributed by atoms with E-state index in [4.69, 9.17) is 5.41 Å². The molecule has 0 unspecified atom stereocenters. The molecule has 0 aromatic carbocycles. The second-order valence-electron chi connectivity index (χ2n) is 4.88. The van der Waals surface area contributed by atoms with Crippen LogP contribution in [0.4, 0.5) is 0 Å². The van der Waals surface area contributed by atoms with Crippen LogP contribution in [0.3, 0.4) is 0 Å². The van der Waals surface area contributed by atoms with Crippen LogP contribution in [0.15, 0.2) is 0 Å². The molecular formula is C11H23N3O. The lowest BCUT2D eigenvalue weighted by Crippen LogP contribution is -2.51. The fraction of sp³-hybridized carbons (Fsp3) is 0.909. The third kappa shape index (κ3) is 4.18. The zero-order valence-corrected chi connectivity index (χ0v) is 10.1. The first-order valence-corrected chi connectivity index (χ1v) is 5.69. The van der Waals surface area contributed by atoms with Gasteiger partial charge in [0, 0.05) is 39.1 Å². The van der Waals surface area contributed by atoms with Crippen LogP contribution in [0.1, 0.15) is 27.2 Å². The Kier molecular flexibility index (Phi) is 4.11. The van der Waals surface area contributed by atoms with Crippen molar-refractivity contribution in [1.82, 2.24) is 9.80 Å². The summed E-state index contributed by atoms with van der Waals surface area (Å²) >= 11 is 0. The first-order valence-electron chi connectivity index (χ1n) is 5.69. The smallest absolute Gasteiger partial charge is 0.0955 e. The van der Waals surface area contributed by atoms with Crippen molar-refractivity contribution in [2.45, 2.75) is 32.8 Å². The van der Waals surface area contributed by atoms with E-state index in [-0.39, 0.29) is 0 Å². The summed E-state index contributed by atoms with van der Waals surface area (Å²) in [5.74, 6) is 0.734. The summed E-state index contributed by atoms with van der Waals surface area (Å²) in [7, 11) is 0. The maximum Gasteiger partial charge on any atom is 0.0955 e. The molecular weight excluding hydrogens is 190 g/mol. The minimum absolute atomic E-state index is 0.611. The lowest BCUT2D eigenvalue weighted by atomic mass is 10.1. The summed E-state index contributed by atoms with van der Waals surface area (Å²) in [6.07, 6.45) is 0.811. The highest BCUT2D eigenvalue weighted by atomic mass is 16.3. The van der Waals surface area contributed by atoms with Crippen LogP contribution in [0.2, 0.25) is 0 Å². The molecule has 1 heterocycles. The predicted molar refractivity (Wildman–Crippen MR) is 62.3 cm³/mol. The molecule has 0 amide bonds. The van der Waals surface area contributed by atoms with Crippen molar-refractivity contribution in [2.75, 3.05) is 32.7 Å². The molecule has 0 bridgehead atoms. The Morgan fingerprint density at radius 2 is 1.80 bits per heavy atom. The first-order chi connectivity index (χ1) is 6.92. The average molecular weight is 213 g/mol. The Morgan fingerprint density at radius 1 is 1.27 bits per heavy atom. The minimum atomic E-state index is -0.611. The molecule has 0 atom stereocenters. The van der Waals surface area contributed by atoms with Crippen LogP contribution in [0, 0.1) is 5.41 Å². The molecule has 1 rings (SSSR count). The minimum Gasteiger partial charge on any atom is -0.389 e. The van der Waals surface area contributed by atoms with Gasteiger partial charge in [0.05, 0.1) is 11.4 Å². The van der Waals surface area contributed by atoms with E-state index in [1.165, 1.54) is 0 Å². The van der Waals surface area contributed by atoms with Crippen molar-refractivity contribution in [3.05, 3.63) is 0 Å². The molecule has 1 aliphatic heterocycles. The van der Waals surface area contributed by atoms with E-state index in [0.717, 1.165) is 45.0 Å². The van der Waals surface area contributed by atoms with Crippen molar-refractivity contribution in [2.24, 2.45) is 0 Å². The number of hydrogen-bond acceptors (Lipinski definition) is 3. The molecule has 4 heteroatoms. The third-order valence-electron chi connectivity index (χ3n) is 2.70. The van der Waals surface area contributed by atoms with E-state index in [1.54, 1.807) is 0 Å². The Morgan fingerprint density at radius 3 is 2.20 bits per heavy atom. The lowest BCUT2D eigenvalue weighted by Gasteiger charge is -2.38. The molecule has 0 aliphatic carbocycles. The van der Waals surface area contributed by atoms with Crippen LogP contribution in [0.5, 0.6) is 0 Å². The number of amidine groups is 1. The molecule has 0 aromatic heterocycles. The molecule has 15 heavy (non-hydrogen) atoms. The van der Waals surface area contributed by atoms with E-state index < -0.39 is 5.60 Å². The van der Waals surface area contributed by atoms with Gasteiger partial charge in [-0.15, -0.1) is 0 Å². The number of nitrogens with zero attached hydrogens (tertiary/aromatic N) is 2. The zero-order valence-electron chi connectivity index (χ0n) is 10.1. The molecule has 0 saturated carbocycles. The molecule has 1 aliphatic rings. The highest BCUT2D eigenvalue weighted by Gasteiger charge is 2.23. The monoisotopic (exact) mass is 213 g/mol. The number of aliphatic hydroxyl groups is 1. The summed E-state index contributed by atoms with van der Waals surface area (Å²) < 4.78 is 0. The van der Waals surface area contributed by atoms with Gasteiger partial charge in [0.1, 0.15) is 0 Å². The molecule has 0 aromatic rings. The maximum absolute atomic E-state index is 9.69. The topological polar surface area (TPSA) is 50.6 Å². The van der Waals surface area contributed by atoms with Crippen molar-refractivity contribution in [3.8, 4) is 0 Å². The second-order valence-corrected chi connectivity index (χ2v) is 4.88. The zero-order chi connectivity index (χ0) is 11.5. The number of rotatable bonds is 3. The molecule has 1 fully saturated rings. The molecule has 4 nitrogen and oxygen atoms in total. The van der Waals surface area contributed by atoms with E-state index in [0.29, 0.717) is 0 Å². The van der Waals surface area contributed by atoms with Crippen LogP contribution in [-0.2, 0) is 0 Å². The quantitative estimate of drug-likeness (QED) is 0.537. The Balaban J connectivity index is 2.33. The maximum atomic E-state index is 9.69. The van der Waals surface area contributed by atoms with Gasteiger partial charge in [-0.05, 0) is 13.8 Å².